The Balaban J connectivity index is 2.01. The molecule has 0 amide bonds. The van der Waals surface area contributed by atoms with Crippen molar-refractivity contribution in [3.05, 3.63) is 16.6 Å². The van der Waals surface area contributed by atoms with E-state index < -0.39 is 0 Å². The first-order valence-corrected chi connectivity index (χ1v) is 6.41. The summed E-state index contributed by atoms with van der Waals surface area (Å²) in [6, 6.07) is 0.972. The largest absolute Gasteiger partial charge is 0.304 e. The fraction of sp³-hybridized carbons (Fsp3) is 0.750. The van der Waals surface area contributed by atoms with E-state index in [4.69, 9.17) is 0 Å². The Bertz CT molecular complexity index is 327. The molecule has 0 saturated heterocycles. The molecule has 0 aliphatic heterocycles. The lowest BCUT2D eigenvalue weighted by Crippen LogP contribution is -2.25. The van der Waals surface area contributed by atoms with Crippen LogP contribution in [0.1, 0.15) is 45.7 Å². The van der Waals surface area contributed by atoms with Gasteiger partial charge in [0.25, 0.3) is 0 Å². The molecule has 2 nitrogen and oxygen atoms in total. The second-order valence-corrected chi connectivity index (χ2v) is 6.56. The third kappa shape index (κ3) is 1.62. The first-order chi connectivity index (χ1) is 6.87. The van der Waals surface area contributed by atoms with Crippen LogP contribution in [-0.2, 0) is 0 Å². The van der Waals surface area contributed by atoms with Gasteiger partial charge in [-0.2, -0.15) is 0 Å². The highest BCUT2D eigenvalue weighted by molar-refractivity contribution is 7.09. The Morgan fingerprint density at radius 1 is 1.33 bits per heavy atom. The highest BCUT2D eigenvalue weighted by atomic mass is 32.1. The van der Waals surface area contributed by atoms with Gasteiger partial charge in [-0.1, -0.05) is 27.7 Å². The van der Waals surface area contributed by atoms with Gasteiger partial charge >= 0.3 is 0 Å². The predicted molar refractivity (Wildman–Crippen MR) is 65.0 cm³/mol. The first kappa shape index (κ1) is 11.1. The topological polar surface area (TPSA) is 24.9 Å². The van der Waals surface area contributed by atoms with E-state index >= 15 is 0 Å². The summed E-state index contributed by atoms with van der Waals surface area (Å²) in [4.78, 5) is 4.35. The highest BCUT2D eigenvalue weighted by Gasteiger charge is 2.64. The zero-order valence-corrected chi connectivity index (χ0v) is 11.0. The molecule has 1 fully saturated rings. The van der Waals surface area contributed by atoms with Crippen molar-refractivity contribution in [2.75, 3.05) is 0 Å². The van der Waals surface area contributed by atoms with Crippen LogP contribution in [-0.4, -0.2) is 11.0 Å². The summed E-state index contributed by atoms with van der Waals surface area (Å²) in [5.41, 5.74) is 0.803. The molecule has 0 bridgehead atoms. The van der Waals surface area contributed by atoms with E-state index in [1.807, 2.05) is 11.6 Å². The molecule has 0 aromatic carbocycles. The summed E-state index contributed by atoms with van der Waals surface area (Å²) in [6.07, 6.45) is 1.88. The molecule has 1 aromatic heterocycles. The Morgan fingerprint density at radius 3 is 2.33 bits per heavy atom. The minimum absolute atomic E-state index is 0.371. The second kappa shape index (κ2) is 3.29. The first-order valence-electron chi connectivity index (χ1n) is 5.53. The quantitative estimate of drug-likeness (QED) is 0.852. The van der Waals surface area contributed by atoms with Gasteiger partial charge in [-0.05, 0) is 17.8 Å². The van der Waals surface area contributed by atoms with Gasteiger partial charge in [-0.25, -0.2) is 4.98 Å². The minimum atomic E-state index is 0.371. The van der Waals surface area contributed by atoms with Gasteiger partial charge < -0.3 is 5.32 Å². The number of nitrogens with zero attached hydrogens (tertiary/aromatic N) is 1. The van der Waals surface area contributed by atoms with Gasteiger partial charge in [0, 0.05) is 17.6 Å². The lowest BCUT2D eigenvalue weighted by molar-refractivity contribution is 0.457. The molecule has 0 spiro atoms. The van der Waals surface area contributed by atoms with Crippen LogP contribution >= 0.6 is 11.3 Å². The van der Waals surface area contributed by atoms with E-state index in [0.29, 0.717) is 22.9 Å². The molecule has 15 heavy (non-hydrogen) atoms. The predicted octanol–water partition coefficient (Wildman–Crippen LogP) is 3.23. The van der Waals surface area contributed by atoms with Crippen molar-refractivity contribution in [2.24, 2.45) is 10.8 Å². The van der Waals surface area contributed by atoms with Crippen molar-refractivity contribution < 1.29 is 0 Å². The molecule has 2 rings (SSSR count). The summed E-state index contributed by atoms with van der Waals surface area (Å²) in [7, 11) is 0. The molecule has 3 heteroatoms. The van der Waals surface area contributed by atoms with Crippen LogP contribution < -0.4 is 5.32 Å². The van der Waals surface area contributed by atoms with Crippen LogP contribution in [0.25, 0.3) is 0 Å². The SMILES string of the molecule is CC(NC1C(C)(C)C1(C)C)c1nccs1. The summed E-state index contributed by atoms with van der Waals surface area (Å²) < 4.78 is 0. The maximum absolute atomic E-state index is 4.35. The summed E-state index contributed by atoms with van der Waals surface area (Å²) in [5, 5.41) is 6.91. The standard InChI is InChI=1S/C12H20N2S/c1-8(9-13-6-7-15-9)14-10-11(2,3)12(10,4)5/h6-8,10,14H,1-5H3. The number of thiazole rings is 1. The average molecular weight is 224 g/mol. The molecule has 84 valence electrons. The van der Waals surface area contributed by atoms with Gasteiger partial charge in [0.1, 0.15) is 5.01 Å². The third-order valence-electron chi connectivity index (χ3n) is 4.26. The van der Waals surface area contributed by atoms with Gasteiger partial charge in [0.15, 0.2) is 0 Å². The monoisotopic (exact) mass is 224 g/mol. The molecule has 0 radical (unpaired) electrons. The van der Waals surface area contributed by atoms with Gasteiger partial charge in [-0.3, -0.25) is 0 Å². The molecule has 1 atom stereocenters. The Morgan fingerprint density at radius 2 is 1.93 bits per heavy atom. The number of hydrogen-bond donors (Lipinski definition) is 1. The molecule has 1 saturated carbocycles. The Kier molecular flexibility index (Phi) is 2.43. The zero-order chi connectivity index (χ0) is 11.3. The molecule has 1 heterocycles. The summed E-state index contributed by atoms with van der Waals surface area (Å²) in [5.74, 6) is 0. The van der Waals surface area contributed by atoms with Crippen LogP contribution in [0, 0.1) is 10.8 Å². The molecule has 1 N–H and O–H groups in total. The maximum atomic E-state index is 4.35. The molecule has 1 unspecified atom stereocenters. The van der Waals surface area contributed by atoms with Crippen molar-refractivity contribution in [3.8, 4) is 0 Å². The minimum Gasteiger partial charge on any atom is -0.304 e. The molecule has 1 aliphatic carbocycles. The van der Waals surface area contributed by atoms with Gasteiger partial charge in [0.05, 0.1) is 6.04 Å². The molecule has 1 aromatic rings. The van der Waals surface area contributed by atoms with E-state index in [2.05, 4.69) is 44.9 Å². The number of nitrogens with one attached hydrogen (secondary N) is 1. The third-order valence-corrected chi connectivity index (χ3v) is 5.22. The van der Waals surface area contributed by atoms with Crippen molar-refractivity contribution >= 4 is 11.3 Å². The van der Waals surface area contributed by atoms with Crippen molar-refractivity contribution in [2.45, 2.75) is 46.7 Å². The lowest BCUT2D eigenvalue weighted by Gasteiger charge is -2.12. The maximum Gasteiger partial charge on any atom is 0.109 e. The normalized spacial score (nSPS) is 25.1. The highest BCUT2D eigenvalue weighted by Crippen LogP contribution is 2.63. The van der Waals surface area contributed by atoms with E-state index in [0.717, 1.165) is 0 Å². The van der Waals surface area contributed by atoms with Crippen LogP contribution in [0.15, 0.2) is 11.6 Å². The van der Waals surface area contributed by atoms with Crippen LogP contribution in [0.2, 0.25) is 0 Å². The van der Waals surface area contributed by atoms with E-state index in [1.54, 1.807) is 11.3 Å². The van der Waals surface area contributed by atoms with Crippen molar-refractivity contribution in [1.29, 1.82) is 0 Å². The molecule has 1 aliphatic rings. The smallest absolute Gasteiger partial charge is 0.109 e. The number of aromatic nitrogens is 1. The fourth-order valence-electron chi connectivity index (χ4n) is 2.38. The van der Waals surface area contributed by atoms with Crippen molar-refractivity contribution in [1.82, 2.24) is 10.3 Å². The van der Waals surface area contributed by atoms with Crippen LogP contribution in [0.4, 0.5) is 0 Å². The molecular weight excluding hydrogens is 204 g/mol. The van der Waals surface area contributed by atoms with Crippen LogP contribution in [0.5, 0.6) is 0 Å². The Labute approximate surface area is 96.1 Å². The summed E-state index contributed by atoms with van der Waals surface area (Å²) >= 11 is 1.73. The zero-order valence-electron chi connectivity index (χ0n) is 10.2. The Hall–Kier alpha value is -0.410. The number of rotatable bonds is 3. The molecular formula is C12H20N2S. The van der Waals surface area contributed by atoms with Gasteiger partial charge in [0.2, 0.25) is 0 Å². The van der Waals surface area contributed by atoms with Crippen LogP contribution in [0.3, 0.4) is 0 Å². The van der Waals surface area contributed by atoms with E-state index in [1.165, 1.54) is 5.01 Å². The van der Waals surface area contributed by atoms with Gasteiger partial charge in [-0.15, -0.1) is 11.3 Å². The van der Waals surface area contributed by atoms with E-state index in [9.17, 15) is 0 Å². The average Bonchev–Trinajstić information content (AvgIpc) is 2.65. The second-order valence-electron chi connectivity index (χ2n) is 5.64. The number of hydrogen-bond acceptors (Lipinski definition) is 3. The lowest BCUT2D eigenvalue weighted by atomic mass is 10.0. The van der Waals surface area contributed by atoms with E-state index in [-0.39, 0.29) is 0 Å². The summed E-state index contributed by atoms with van der Waals surface area (Å²) in [6.45, 7) is 11.5. The fourth-order valence-corrected chi connectivity index (χ4v) is 3.04. The van der Waals surface area contributed by atoms with Crippen molar-refractivity contribution in [3.63, 3.8) is 0 Å².